The molecule has 2 N–H and O–H groups in total. The zero-order valence-electron chi connectivity index (χ0n) is 17.9. The number of aliphatic hydroxyl groups excluding tert-OH is 1. The second kappa shape index (κ2) is 8.48. The number of aromatic nitrogens is 1. The van der Waals surface area contributed by atoms with Gasteiger partial charge in [0.15, 0.2) is 0 Å². The summed E-state index contributed by atoms with van der Waals surface area (Å²) in [6, 6.07) is 13.8. The largest absolute Gasteiger partial charge is 0.497 e. The maximum atomic E-state index is 13.5. The molecule has 166 valence electrons. The first-order valence-corrected chi connectivity index (χ1v) is 10.9. The van der Waals surface area contributed by atoms with E-state index in [2.05, 4.69) is 10.1 Å². The minimum Gasteiger partial charge on any atom is -0.497 e. The number of methoxy groups -OCH3 is 1. The molecule has 2 aromatic carbocycles. The number of piperidine rings is 3. The van der Waals surface area contributed by atoms with Crippen LogP contribution in [0, 0.1) is 17.7 Å². The van der Waals surface area contributed by atoms with Gasteiger partial charge in [-0.2, -0.15) is 0 Å². The number of hydrogen-bond donors (Lipinski definition) is 2. The van der Waals surface area contributed by atoms with Crippen molar-refractivity contribution in [3.63, 3.8) is 0 Å². The first-order valence-electron chi connectivity index (χ1n) is 10.9. The smallest absolute Gasteiger partial charge is 0.123 e. The Morgan fingerprint density at radius 3 is 2.72 bits per heavy atom. The van der Waals surface area contributed by atoms with Crippen molar-refractivity contribution in [1.82, 2.24) is 9.88 Å². The van der Waals surface area contributed by atoms with E-state index in [1.165, 1.54) is 12.1 Å². The number of hydrogen-bond acceptors (Lipinski definition) is 6. The van der Waals surface area contributed by atoms with Gasteiger partial charge < -0.3 is 15.1 Å². The Bertz CT molecular complexity index is 1150. The summed E-state index contributed by atoms with van der Waals surface area (Å²) in [7, 11) is 1.62. The van der Waals surface area contributed by atoms with Gasteiger partial charge in [-0.25, -0.2) is 9.37 Å². The molecule has 2 bridgehead atoms. The average molecular weight is 435 g/mol. The van der Waals surface area contributed by atoms with Crippen molar-refractivity contribution in [1.29, 1.82) is 0 Å². The molecule has 1 aromatic heterocycles. The molecule has 3 fully saturated rings. The Morgan fingerprint density at radius 2 is 2.03 bits per heavy atom. The van der Waals surface area contributed by atoms with Crippen LogP contribution in [-0.4, -0.2) is 52.7 Å². The molecule has 3 aromatic rings. The molecule has 3 aliphatic heterocycles. The number of halogens is 1. The number of rotatable bonds is 5. The monoisotopic (exact) mass is 435 g/mol. The summed E-state index contributed by atoms with van der Waals surface area (Å²) in [5, 5.41) is 24.7. The molecule has 3 aliphatic rings. The van der Waals surface area contributed by atoms with Crippen molar-refractivity contribution < 1.29 is 19.4 Å². The van der Waals surface area contributed by atoms with Crippen LogP contribution in [0.3, 0.4) is 0 Å². The van der Waals surface area contributed by atoms with Gasteiger partial charge in [0.25, 0.3) is 0 Å². The summed E-state index contributed by atoms with van der Waals surface area (Å²) in [6.45, 7) is 1.69. The lowest BCUT2D eigenvalue weighted by molar-refractivity contribution is -0.0398. The molecule has 4 heterocycles. The van der Waals surface area contributed by atoms with Crippen LogP contribution in [0.1, 0.15) is 24.5 Å². The fraction of sp³-hybridized carbons (Fsp3) is 0.360. The van der Waals surface area contributed by atoms with E-state index in [4.69, 9.17) is 14.9 Å². The summed E-state index contributed by atoms with van der Waals surface area (Å²) in [5.74, 6) is 0.995. The van der Waals surface area contributed by atoms with Crippen LogP contribution in [0.2, 0.25) is 0 Å². The minimum atomic E-state index is -0.721. The first-order chi connectivity index (χ1) is 15.6. The lowest BCUT2D eigenvalue weighted by atomic mass is 9.74. The van der Waals surface area contributed by atoms with Crippen LogP contribution in [-0.2, 0) is 0 Å². The lowest BCUT2D eigenvalue weighted by Gasteiger charge is -2.50. The number of pyridine rings is 1. The van der Waals surface area contributed by atoms with Crippen LogP contribution in [0.5, 0.6) is 5.75 Å². The second-order valence-electron chi connectivity index (χ2n) is 8.71. The van der Waals surface area contributed by atoms with Gasteiger partial charge in [-0.05, 0) is 79.4 Å². The van der Waals surface area contributed by atoms with Gasteiger partial charge in [0.05, 0.1) is 24.4 Å². The van der Waals surface area contributed by atoms with E-state index in [1.807, 2.05) is 24.3 Å². The molecule has 6 rings (SSSR count). The normalized spacial score (nSPS) is 26.0. The zero-order valence-corrected chi connectivity index (χ0v) is 17.9. The van der Waals surface area contributed by atoms with E-state index in [9.17, 15) is 9.50 Å². The van der Waals surface area contributed by atoms with Crippen LogP contribution in [0.25, 0.3) is 22.2 Å². The van der Waals surface area contributed by atoms with Gasteiger partial charge in [-0.3, -0.25) is 4.90 Å². The maximum absolute atomic E-state index is 13.5. The van der Waals surface area contributed by atoms with Crippen LogP contribution >= 0.6 is 0 Å². The summed E-state index contributed by atoms with van der Waals surface area (Å²) in [5.41, 5.74) is 3.03. The topological polar surface area (TPSA) is 78.2 Å². The van der Waals surface area contributed by atoms with Gasteiger partial charge >= 0.3 is 0 Å². The van der Waals surface area contributed by atoms with Crippen molar-refractivity contribution in [2.75, 3.05) is 20.2 Å². The molecule has 0 radical (unpaired) electrons. The maximum Gasteiger partial charge on any atom is 0.123 e. The third-order valence-corrected chi connectivity index (χ3v) is 6.98. The number of fused-ring (bicyclic) bond motifs is 4. The Kier molecular flexibility index (Phi) is 5.53. The van der Waals surface area contributed by atoms with E-state index in [0.717, 1.165) is 48.0 Å². The summed E-state index contributed by atoms with van der Waals surface area (Å²) in [4.78, 5) is 7.07. The third kappa shape index (κ3) is 3.72. The van der Waals surface area contributed by atoms with Crippen molar-refractivity contribution in [2.45, 2.75) is 25.0 Å². The van der Waals surface area contributed by atoms with E-state index in [-0.39, 0.29) is 17.8 Å². The van der Waals surface area contributed by atoms with Crippen molar-refractivity contribution in [2.24, 2.45) is 17.0 Å². The highest BCUT2D eigenvalue weighted by Gasteiger charge is 2.43. The quantitative estimate of drug-likeness (QED) is 0.356. The molecule has 3 saturated heterocycles. The standard InChI is InChI=1S/C25H26FN3O3/c1-32-19-6-7-22-20(11-19)21(12-23(28-22)15-2-4-18(26)5-3-15)25(30)24-10-16-8-9-29(24)14-17(16)13-27-31/h2-7,11-13,16-17,24-25,30-31H,8-10,14H2,1H3/b27-13+/t16-,17?,24-,25+/m0/s1. The van der Waals surface area contributed by atoms with Gasteiger partial charge in [0.1, 0.15) is 11.6 Å². The van der Waals surface area contributed by atoms with Crippen LogP contribution in [0.15, 0.2) is 53.7 Å². The van der Waals surface area contributed by atoms with E-state index in [1.54, 1.807) is 25.5 Å². The fourth-order valence-electron chi connectivity index (χ4n) is 5.27. The summed E-state index contributed by atoms with van der Waals surface area (Å²) in [6.07, 6.45) is 2.77. The van der Waals surface area contributed by atoms with Gasteiger partial charge in [-0.15, -0.1) is 5.16 Å². The molecule has 2 unspecified atom stereocenters. The highest BCUT2D eigenvalue weighted by atomic mass is 19.1. The fourth-order valence-corrected chi connectivity index (χ4v) is 5.27. The van der Waals surface area contributed by atoms with Crippen LogP contribution < -0.4 is 4.74 Å². The number of aliphatic hydroxyl groups is 1. The molecule has 6 nitrogen and oxygen atoms in total. The average Bonchev–Trinajstić information content (AvgIpc) is 2.83. The molecule has 0 spiro atoms. The number of nitrogens with zero attached hydrogens (tertiary/aromatic N) is 3. The Morgan fingerprint density at radius 1 is 1.22 bits per heavy atom. The van der Waals surface area contributed by atoms with Crippen molar-refractivity contribution >= 4 is 17.1 Å². The first kappa shape index (κ1) is 20.8. The highest BCUT2D eigenvalue weighted by Crippen LogP contribution is 2.42. The molecule has 0 saturated carbocycles. The predicted molar refractivity (Wildman–Crippen MR) is 121 cm³/mol. The van der Waals surface area contributed by atoms with Crippen LogP contribution in [0.4, 0.5) is 4.39 Å². The highest BCUT2D eigenvalue weighted by molar-refractivity contribution is 5.87. The summed E-state index contributed by atoms with van der Waals surface area (Å²) >= 11 is 0. The molecule has 0 aliphatic carbocycles. The lowest BCUT2D eigenvalue weighted by Crippen LogP contribution is -2.55. The van der Waals surface area contributed by atoms with Crippen molar-refractivity contribution in [3.05, 3.63) is 59.9 Å². The molecule has 7 heteroatoms. The van der Waals surface area contributed by atoms with Gasteiger partial charge in [-0.1, -0.05) is 0 Å². The Balaban J connectivity index is 1.57. The van der Waals surface area contributed by atoms with E-state index < -0.39 is 6.10 Å². The SMILES string of the molecule is COc1ccc2nc(-c3ccc(F)cc3)cc([C@@H](O)[C@@H]3C[C@@H]4CCN3CC4/C=N/O)c2c1. The van der Waals surface area contributed by atoms with Gasteiger partial charge in [0.2, 0.25) is 0 Å². The second-order valence-corrected chi connectivity index (χ2v) is 8.71. The predicted octanol–water partition coefficient (Wildman–Crippen LogP) is 4.25. The molecule has 32 heavy (non-hydrogen) atoms. The molecule has 0 amide bonds. The molecule has 5 atom stereocenters. The number of benzene rings is 2. The Hall–Kier alpha value is -3.03. The minimum absolute atomic E-state index is 0.0324. The van der Waals surface area contributed by atoms with Crippen molar-refractivity contribution in [3.8, 4) is 17.0 Å². The summed E-state index contributed by atoms with van der Waals surface area (Å²) < 4.78 is 18.9. The molecular formula is C25H26FN3O3. The zero-order chi connectivity index (χ0) is 22.2. The van der Waals surface area contributed by atoms with E-state index >= 15 is 0 Å². The molecular weight excluding hydrogens is 409 g/mol. The third-order valence-electron chi connectivity index (χ3n) is 6.98. The number of oxime groups is 1. The number of ether oxygens (including phenoxy) is 1. The van der Waals surface area contributed by atoms with Gasteiger partial charge in [0, 0.05) is 35.7 Å². The Labute approximate surface area is 186 Å². The van der Waals surface area contributed by atoms with E-state index in [0.29, 0.717) is 17.4 Å².